The Kier molecular flexibility index (Phi) is 5.26. The van der Waals surface area contributed by atoms with Crippen LogP contribution in [-0.2, 0) is 16.0 Å². The van der Waals surface area contributed by atoms with Gasteiger partial charge in [-0.15, -0.1) is 0 Å². The molecule has 0 fully saturated rings. The van der Waals surface area contributed by atoms with Crippen LogP contribution in [0, 0.1) is 13.8 Å². The number of aromatic nitrogens is 2. The van der Waals surface area contributed by atoms with E-state index in [9.17, 15) is 9.59 Å². The molecule has 0 radical (unpaired) electrons. The molecule has 0 spiro atoms. The van der Waals surface area contributed by atoms with Crippen LogP contribution >= 0.6 is 0 Å². The number of benzene rings is 1. The number of esters is 1. The van der Waals surface area contributed by atoms with Gasteiger partial charge in [0.05, 0.1) is 29.5 Å². The van der Waals surface area contributed by atoms with E-state index in [0.29, 0.717) is 11.3 Å². The van der Waals surface area contributed by atoms with E-state index in [1.807, 2.05) is 36.6 Å². The van der Waals surface area contributed by atoms with Crippen molar-refractivity contribution in [2.45, 2.75) is 40.2 Å². The molecule has 6 heteroatoms. The molecule has 1 aromatic carbocycles. The predicted octanol–water partition coefficient (Wildman–Crippen LogP) is 3.70. The molecule has 0 unspecified atom stereocenters. The van der Waals surface area contributed by atoms with Crippen molar-refractivity contribution in [3.8, 4) is 0 Å². The van der Waals surface area contributed by atoms with Crippen molar-refractivity contribution in [1.82, 2.24) is 9.38 Å². The molecule has 0 aliphatic carbocycles. The lowest BCUT2D eigenvalue weighted by molar-refractivity contribution is -0.115. The number of ether oxygens (including phenoxy) is 1. The van der Waals surface area contributed by atoms with Crippen molar-refractivity contribution in [2.75, 3.05) is 5.32 Å². The van der Waals surface area contributed by atoms with Crippen molar-refractivity contribution in [3.63, 3.8) is 0 Å². The number of carbonyl (C=O) groups excluding carboxylic acids is 2. The fourth-order valence-electron chi connectivity index (χ4n) is 2.94. The Bertz CT molecular complexity index is 1010. The van der Waals surface area contributed by atoms with Gasteiger partial charge in [0.15, 0.2) is 0 Å². The summed E-state index contributed by atoms with van der Waals surface area (Å²) in [4.78, 5) is 29.1. The summed E-state index contributed by atoms with van der Waals surface area (Å²) in [7, 11) is 0. The third-order valence-corrected chi connectivity index (χ3v) is 4.20. The van der Waals surface area contributed by atoms with Gasteiger partial charge in [0.1, 0.15) is 5.65 Å². The number of anilines is 1. The molecule has 27 heavy (non-hydrogen) atoms. The number of fused-ring (bicyclic) bond motifs is 1. The molecule has 0 aliphatic heterocycles. The Labute approximate surface area is 158 Å². The molecule has 0 saturated heterocycles. The minimum atomic E-state index is -0.408. The van der Waals surface area contributed by atoms with Gasteiger partial charge in [-0.3, -0.25) is 4.79 Å². The van der Waals surface area contributed by atoms with Gasteiger partial charge in [-0.25, -0.2) is 9.78 Å². The molecule has 3 rings (SSSR count). The molecule has 0 atom stereocenters. The largest absolute Gasteiger partial charge is 0.459 e. The zero-order valence-corrected chi connectivity index (χ0v) is 15.9. The second-order valence-corrected chi connectivity index (χ2v) is 6.79. The van der Waals surface area contributed by atoms with Crippen molar-refractivity contribution in [2.24, 2.45) is 0 Å². The molecule has 0 bridgehead atoms. The number of carbonyl (C=O) groups is 2. The minimum absolute atomic E-state index is 0.171. The van der Waals surface area contributed by atoms with Crippen LogP contribution in [0.1, 0.15) is 41.2 Å². The summed E-state index contributed by atoms with van der Waals surface area (Å²) in [5, 5.41) is 2.85. The first kappa shape index (κ1) is 18.6. The maximum atomic E-state index is 12.6. The normalized spacial score (nSPS) is 11.0. The summed E-state index contributed by atoms with van der Waals surface area (Å²) in [6.45, 7) is 7.48. The second kappa shape index (κ2) is 7.61. The SMILES string of the molecule is Cc1nc2c(C)cccn2c1CC(=O)Nc1cccc(C(=O)OC(C)C)c1. The highest BCUT2D eigenvalue weighted by Gasteiger charge is 2.15. The van der Waals surface area contributed by atoms with Gasteiger partial charge in [0, 0.05) is 11.9 Å². The van der Waals surface area contributed by atoms with E-state index >= 15 is 0 Å². The quantitative estimate of drug-likeness (QED) is 0.700. The number of hydrogen-bond donors (Lipinski definition) is 1. The van der Waals surface area contributed by atoms with Crippen LogP contribution in [0.2, 0.25) is 0 Å². The van der Waals surface area contributed by atoms with Gasteiger partial charge in [-0.1, -0.05) is 12.1 Å². The number of nitrogens with one attached hydrogen (secondary N) is 1. The molecule has 140 valence electrons. The van der Waals surface area contributed by atoms with E-state index in [1.54, 1.807) is 38.1 Å². The molecule has 3 aromatic rings. The maximum Gasteiger partial charge on any atom is 0.338 e. The van der Waals surface area contributed by atoms with Crippen molar-refractivity contribution >= 4 is 23.2 Å². The van der Waals surface area contributed by atoms with Crippen LogP contribution in [0.15, 0.2) is 42.6 Å². The van der Waals surface area contributed by atoms with E-state index in [2.05, 4.69) is 10.3 Å². The molecule has 1 amide bonds. The van der Waals surface area contributed by atoms with E-state index in [0.717, 1.165) is 22.6 Å². The van der Waals surface area contributed by atoms with Crippen molar-refractivity contribution in [3.05, 3.63) is 65.1 Å². The van der Waals surface area contributed by atoms with Crippen LogP contribution in [0.3, 0.4) is 0 Å². The Morgan fingerprint density at radius 3 is 2.70 bits per heavy atom. The number of imidazole rings is 1. The van der Waals surface area contributed by atoms with Gasteiger partial charge in [0.2, 0.25) is 5.91 Å². The van der Waals surface area contributed by atoms with Crippen LogP contribution in [0.25, 0.3) is 5.65 Å². The van der Waals surface area contributed by atoms with Gasteiger partial charge < -0.3 is 14.5 Å². The summed E-state index contributed by atoms with van der Waals surface area (Å²) in [6, 6.07) is 10.7. The van der Waals surface area contributed by atoms with Gasteiger partial charge in [-0.2, -0.15) is 0 Å². The van der Waals surface area contributed by atoms with E-state index in [4.69, 9.17) is 4.74 Å². The summed E-state index contributed by atoms with van der Waals surface area (Å²) in [5.41, 5.74) is 4.55. The summed E-state index contributed by atoms with van der Waals surface area (Å²) in [5.74, 6) is -0.579. The van der Waals surface area contributed by atoms with Gasteiger partial charge in [-0.05, 0) is 57.5 Å². The molecule has 0 saturated carbocycles. The fraction of sp³-hybridized carbons (Fsp3) is 0.286. The fourth-order valence-corrected chi connectivity index (χ4v) is 2.94. The zero-order chi connectivity index (χ0) is 19.6. The Balaban J connectivity index is 1.76. The molecular formula is C21H23N3O3. The van der Waals surface area contributed by atoms with E-state index in [1.165, 1.54) is 0 Å². The first-order chi connectivity index (χ1) is 12.8. The average molecular weight is 365 g/mol. The first-order valence-electron chi connectivity index (χ1n) is 8.89. The predicted molar refractivity (Wildman–Crippen MR) is 104 cm³/mol. The monoisotopic (exact) mass is 365 g/mol. The van der Waals surface area contributed by atoms with Crippen LogP contribution < -0.4 is 5.32 Å². The first-order valence-corrected chi connectivity index (χ1v) is 8.89. The van der Waals surface area contributed by atoms with Gasteiger partial charge in [0.25, 0.3) is 0 Å². The summed E-state index contributed by atoms with van der Waals surface area (Å²) < 4.78 is 7.14. The third-order valence-electron chi connectivity index (χ3n) is 4.20. The highest BCUT2D eigenvalue weighted by atomic mass is 16.5. The number of pyridine rings is 1. The molecule has 2 heterocycles. The van der Waals surface area contributed by atoms with Crippen molar-refractivity contribution < 1.29 is 14.3 Å². The Morgan fingerprint density at radius 1 is 1.19 bits per heavy atom. The summed E-state index contributed by atoms with van der Waals surface area (Å²) >= 11 is 0. The summed E-state index contributed by atoms with van der Waals surface area (Å²) in [6.07, 6.45) is 1.90. The molecule has 1 N–H and O–H groups in total. The average Bonchev–Trinajstić information content (AvgIpc) is 2.92. The standard InChI is InChI=1S/C21H23N3O3/c1-13(2)27-21(26)16-8-5-9-17(11-16)23-19(25)12-18-15(4)22-20-14(3)7-6-10-24(18)20/h5-11,13H,12H2,1-4H3,(H,23,25). The molecule has 6 nitrogen and oxygen atoms in total. The van der Waals surface area contributed by atoms with E-state index in [-0.39, 0.29) is 18.4 Å². The lowest BCUT2D eigenvalue weighted by Crippen LogP contribution is -2.17. The number of aryl methyl sites for hydroxylation is 2. The topological polar surface area (TPSA) is 72.7 Å². The third kappa shape index (κ3) is 4.16. The number of rotatable bonds is 5. The molecule has 0 aliphatic rings. The lowest BCUT2D eigenvalue weighted by Gasteiger charge is -2.10. The van der Waals surface area contributed by atoms with Crippen LogP contribution in [-0.4, -0.2) is 27.4 Å². The van der Waals surface area contributed by atoms with E-state index < -0.39 is 5.97 Å². The lowest BCUT2D eigenvalue weighted by atomic mass is 10.2. The van der Waals surface area contributed by atoms with Crippen molar-refractivity contribution in [1.29, 1.82) is 0 Å². The maximum absolute atomic E-state index is 12.6. The minimum Gasteiger partial charge on any atom is -0.459 e. The second-order valence-electron chi connectivity index (χ2n) is 6.79. The number of nitrogens with zero attached hydrogens (tertiary/aromatic N) is 2. The highest BCUT2D eigenvalue weighted by Crippen LogP contribution is 2.17. The highest BCUT2D eigenvalue weighted by molar-refractivity contribution is 5.95. The van der Waals surface area contributed by atoms with Gasteiger partial charge >= 0.3 is 5.97 Å². The number of amides is 1. The molecular weight excluding hydrogens is 342 g/mol. The zero-order valence-electron chi connectivity index (χ0n) is 15.9. The number of hydrogen-bond acceptors (Lipinski definition) is 4. The Morgan fingerprint density at radius 2 is 1.96 bits per heavy atom. The smallest absolute Gasteiger partial charge is 0.338 e. The molecule has 2 aromatic heterocycles. The Hall–Kier alpha value is -3.15. The van der Waals surface area contributed by atoms with Crippen LogP contribution in [0.4, 0.5) is 5.69 Å². The van der Waals surface area contributed by atoms with Crippen LogP contribution in [0.5, 0.6) is 0 Å².